The second kappa shape index (κ2) is 7.94. The molecule has 0 fully saturated rings. The Morgan fingerprint density at radius 1 is 0.667 bits per heavy atom. The molecule has 27 heavy (non-hydrogen) atoms. The van der Waals surface area contributed by atoms with Gasteiger partial charge in [-0.15, -0.1) is 0 Å². The quantitative estimate of drug-likeness (QED) is 0.368. The zero-order valence-electron chi connectivity index (χ0n) is 16.2. The predicted molar refractivity (Wildman–Crippen MR) is 117 cm³/mol. The van der Waals surface area contributed by atoms with Crippen molar-refractivity contribution in [2.75, 3.05) is 13.6 Å². The van der Waals surface area contributed by atoms with Gasteiger partial charge in [0.25, 0.3) is 0 Å². The lowest BCUT2D eigenvalue weighted by molar-refractivity contribution is 0.277. The Bertz CT molecular complexity index is 960. The van der Waals surface area contributed by atoms with Gasteiger partial charge in [-0.2, -0.15) is 0 Å². The highest BCUT2D eigenvalue weighted by Crippen LogP contribution is 2.36. The molecule has 0 unspecified atom stereocenters. The maximum Gasteiger partial charge on any atom is 0.0611 e. The number of nitrogens with zero attached hydrogens (tertiary/aromatic N) is 1. The number of hydrogen-bond acceptors (Lipinski definition) is 1. The van der Waals surface area contributed by atoms with Gasteiger partial charge in [-0.25, -0.2) is 0 Å². The summed E-state index contributed by atoms with van der Waals surface area (Å²) < 4.78 is 0. The van der Waals surface area contributed by atoms with Crippen LogP contribution in [0.1, 0.15) is 36.9 Å². The van der Waals surface area contributed by atoms with E-state index in [0.717, 1.165) is 6.54 Å². The molecule has 0 aromatic heterocycles. The highest BCUT2D eigenvalue weighted by molar-refractivity contribution is 5.90. The van der Waals surface area contributed by atoms with Crippen LogP contribution in [0.5, 0.6) is 0 Å². The molecule has 1 nitrogen and oxygen atoms in total. The summed E-state index contributed by atoms with van der Waals surface area (Å²) in [5.41, 5.74) is 2.78. The van der Waals surface area contributed by atoms with E-state index in [-0.39, 0.29) is 6.04 Å². The van der Waals surface area contributed by atoms with Gasteiger partial charge in [0, 0.05) is 0 Å². The van der Waals surface area contributed by atoms with Crippen molar-refractivity contribution in [1.82, 2.24) is 4.90 Å². The minimum absolute atomic E-state index is 0.244. The molecule has 0 aliphatic heterocycles. The molecule has 0 saturated carbocycles. The van der Waals surface area contributed by atoms with E-state index in [1.807, 2.05) is 0 Å². The van der Waals surface area contributed by atoms with Crippen LogP contribution in [0.4, 0.5) is 0 Å². The van der Waals surface area contributed by atoms with Gasteiger partial charge in [0.15, 0.2) is 0 Å². The summed E-state index contributed by atoms with van der Waals surface area (Å²) in [4.78, 5) is 2.52. The Kier molecular flexibility index (Phi) is 5.22. The molecule has 0 amide bonds. The Morgan fingerprint density at radius 2 is 1.15 bits per heavy atom. The Morgan fingerprint density at radius 3 is 1.67 bits per heavy atom. The van der Waals surface area contributed by atoms with E-state index in [9.17, 15) is 0 Å². The zero-order valence-corrected chi connectivity index (χ0v) is 16.2. The molecular formula is C26H27N. The highest BCUT2D eigenvalue weighted by atomic mass is 15.1. The fourth-order valence-corrected chi connectivity index (χ4v) is 4.16. The summed E-state index contributed by atoms with van der Waals surface area (Å²) in [5, 5.41) is 5.32. The van der Waals surface area contributed by atoms with E-state index in [2.05, 4.69) is 104 Å². The van der Waals surface area contributed by atoms with Crippen LogP contribution < -0.4 is 0 Å². The van der Waals surface area contributed by atoms with Crippen LogP contribution in [0.25, 0.3) is 21.5 Å². The Labute approximate surface area is 162 Å². The predicted octanol–water partition coefficient (Wildman–Crippen LogP) is 6.81. The first-order valence-corrected chi connectivity index (χ1v) is 9.95. The summed E-state index contributed by atoms with van der Waals surface area (Å²) in [5.74, 6) is 0. The summed E-state index contributed by atoms with van der Waals surface area (Å²) in [7, 11) is 2.27. The molecule has 1 heteroatoms. The molecule has 0 radical (unpaired) electrons. The standard InChI is InChI=1S/C26H27N/c1-3-4-19-27(2)26(24-17-9-13-20-11-5-7-15-22(20)24)25-18-10-14-21-12-6-8-16-23(21)25/h5-18,26H,3-4,19H2,1-2H3. The van der Waals surface area contributed by atoms with Crippen LogP contribution in [-0.2, 0) is 0 Å². The normalized spacial score (nSPS) is 11.7. The van der Waals surface area contributed by atoms with E-state index in [1.54, 1.807) is 0 Å². The van der Waals surface area contributed by atoms with E-state index < -0.39 is 0 Å². The second-order valence-corrected chi connectivity index (χ2v) is 7.37. The fourth-order valence-electron chi connectivity index (χ4n) is 4.16. The maximum absolute atomic E-state index is 2.52. The summed E-state index contributed by atoms with van der Waals surface area (Å²) in [6, 6.07) is 31.2. The van der Waals surface area contributed by atoms with Crippen molar-refractivity contribution in [2.24, 2.45) is 0 Å². The van der Waals surface area contributed by atoms with Gasteiger partial charge in [-0.1, -0.05) is 98.3 Å². The Balaban J connectivity index is 1.94. The number of fused-ring (bicyclic) bond motifs is 2. The third-order valence-electron chi connectivity index (χ3n) is 5.54. The van der Waals surface area contributed by atoms with Crippen LogP contribution >= 0.6 is 0 Å². The van der Waals surface area contributed by atoms with Gasteiger partial charge >= 0.3 is 0 Å². The molecule has 0 atom stereocenters. The molecule has 0 heterocycles. The van der Waals surface area contributed by atoms with Gasteiger partial charge in [0.05, 0.1) is 6.04 Å². The first kappa shape index (κ1) is 17.8. The zero-order chi connectivity index (χ0) is 18.6. The number of unbranched alkanes of at least 4 members (excludes halogenated alkanes) is 1. The van der Waals surface area contributed by atoms with E-state index in [0.29, 0.717) is 0 Å². The lowest BCUT2D eigenvalue weighted by atomic mass is 9.89. The van der Waals surface area contributed by atoms with E-state index in [4.69, 9.17) is 0 Å². The molecule has 0 bridgehead atoms. The van der Waals surface area contributed by atoms with Crippen LogP contribution in [0.15, 0.2) is 84.9 Å². The molecule has 4 aromatic carbocycles. The SMILES string of the molecule is CCCCN(C)C(c1cccc2ccccc12)c1cccc2ccccc12. The molecule has 4 rings (SSSR count). The first-order chi connectivity index (χ1) is 13.3. The van der Waals surface area contributed by atoms with Crippen molar-refractivity contribution in [2.45, 2.75) is 25.8 Å². The minimum Gasteiger partial charge on any atom is -0.295 e. The van der Waals surface area contributed by atoms with Gasteiger partial charge < -0.3 is 0 Å². The van der Waals surface area contributed by atoms with Crippen molar-refractivity contribution in [3.8, 4) is 0 Å². The largest absolute Gasteiger partial charge is 0.295 e. The van der Waals surface area contributed by atoms with Crippen molar-refractivity contribution in [3.05, 3.63) is 96.1 Å². The van der Waals surface area contributed by atoms with Crippen molar-refractivity contribution < 1.29 is 0 Å². The van der Waals surface area contributed by atoms with Crippen molar-refractivity contribution >= 4 is 21.5 Å². The van der Waals surface area contributed by atoms with Gasteiger partial charge in [-0.05, 0) is 52.7 Å². The topological polar surface area (TPSA) is 3.24 Å². The highest BCUT2D eigenvalue weighted by Gasteiger charge is 2.22. The lowest BCUT2D eigenvalue weighted by Crippen LogP contribution is -2.27. The van der Waals surface area contributed by atoms with Gasteiger partial charge in [-0.3, -0.25) is 4.90 Å². The lowest BCUT2D eigenvalue weighted by Gasteiger charge is -2.31. The summed E-state index contributed by atoms with van der Waals surface area (Å²) >= 11 is 0. The molecule has 136 valence electrons. The average molecular weight is 354 g/mol. The van der Waals surface area contributed by atoms with Crippen LogP contribution in [-0.4, -0.2) is 18.5 Å². The maximum atomic E-state index is 2.52. The van der Waals surface area contributed by atoms with Crippen LogP contribution in [0.3, 0.4) is 0 Å². The molecular weight excluding hydrogens is 326 g/mol. The van der Waals surface area contributed by atoms with E-state index in [1.165, 1.54) is 45.5 Å². The van der Waals surface area contributed by atoms with Gasteiger partial charge in [0.2, 0.25) is 0 Å². The third-order valence-corrected chi connectivity index (χ3v) is 5.54. The average Bonchev–Trinajstić information content (AvgIpc) is 2.73. The second-order valence-electron chi connectivity index (χ2n) is 7.37. The fraction of sp³-hybridized carbons (Fsp3) is 0.231. The van der Waals surface area contributed by atoms with Crippen molar-refractivity contribution in [3.63, 3.8) is 0 Å². The first-order valence-electron chi connectivity index (χ1n) is 9.95. The number of rotatable bonds is 6. The smallest absolute Gasteiger partial charge is 0.0611 e. The molecule has 0 saturated heterocycles. The molecule has 0 aliphatic rings. The number of benzene rings is 4. The molecule has 0 N–H and O–H groups in total. The monoisotopic (exact) mass is 353 g/mol. The molecule has 0 aliphatic carbocycles. The molecule has 0 spiro atoms. The summed E-state index contributed by atoms with van der Waals surface area (Å²) in [6.07, 6.45) is 2.42. The Hall–Kier alpha value is -2.64. The number of hydrogen-bond donors (Lipinski definition) is 0. The third kappa shape index (κ3) is 3.48. The summed E-state index contributed by atoms with van der Waals surface area (Å²) in [6.45, 7) is 3.35. The molecule has 4 aromatic rings. The van der Waals surface area contributed by atoms with E-state index >= 15 is 0 Å². The van der Waals surface area contributed by atoms with Crippen LogP contribution in [0, 0.1) is 0 Å². The van der Waals surface area contributed by atoms with Crippen molar-refractivity contribution in [1.29, 1.82) is 0 Å². The minimum atomic E-state index is 0.244. The van der Waals surface area contributed by atoms with Crippen LogP contribution in [0.2, 0.25) is 0 Å². The van der Waals surface area contributed by atoms with Gasteiger partial charge in [0.1, 0.15) is 0 Å².